The summed E-state index contributed by atoms with van der Waals surface area (Å²) in [4.78, 5) is 12.7. The number of piperidine rings is 1. The summed E-state index contributed by atoms with van der Waals surface area (Å²) in [5.74, 6) is -0.178. The van der Waals surface area contributed by atoms with E-state index >= 15 is 0 Å². The number of carbonyl (C=O) groups is 1. The number of amides is 1. The maximum Gasteiger partial charge on any atom is 0.228 e. The molecule has 0 unspecified atom stereocenters. The molecule has 1 saturated heterocycles. The summed E-state index contributed by atoms with van der Waals surface area (Å²) in [7, 11) is -3.51. The summed E-state index contributed by atoms with van der Waals surface area (Å²) < 4.78 is 27.1. The molecule has 0 radical (unpaired) electrons. The second-order valence-corrected chi connectivity index (χ2v) is 10.3. The van der Waals surface area contributed by atoms with Crippen molar-refractivity contribution in [2.24, 2.45) is 5.92 Å². The zero-order chi connectivity index (χ0) is 21.0. The van der Waals surface area contributed by atoms with Gasteiger partial charge in [-0.1, -0.05) is 49.7 Å². The summed E-state index contributed by atoms with van der Waals surface area (Å²) in [6.07, 6.45) is 1.35. The Morgan fingerprint density at radius 1 is 1.21 bits per heavy atom. The third-order valence-electron chi connectivity index (χ3n) is 5.23. The SMILES string of the molecule is CC(C)c1ccc(NC(=O)[C@H]2CCCN(S(=O)(=O)Cc3cccc(Cl)c3)C2)cc1. The second kappa shape index (κ2) is 9.28. The van der Waals surface area contributed by atoms with Crippen LogP contribution >= 0.6 is 11.6 Å². The fourth-order valence-electron chi connectivity index (χ4n) is 3.53. The zero-order valence-corrected chi connectivity index (χ0v) is 18.3. The minimum atomic E-state index is -3.51. The molecule has 2 aromatic rings. The molecular formula is C22H27ClN2O3S. The van der Waals surface area contributed by atoms with Crippen molar-refractivity contribution in [2.75, 3.05) is 18.4 Å². The van der Waals surface area contributed by atoms with Gasteiger partial charge in [0.15, 0.2) is 0 Å². The van der Waals surface area contributed by atoms with Crippen LogP contribution in [-0.4, -0.2) is 31.7 Å². The molecule has 1 aliphatic rings. The fraction of sp³-hybridized carbons (Fsp3) is 0.409. The van der Waals surface area contributed by atoms with E-state index in [4.69, 9.17) is 11.6 Å². The lowest BCUT2D eigenvalue weighted by Gasteiger charge is -2.31. The van der Waals surface area contributed by atoms with Crippen molar-refractivity contribution in [2.45, 2.75) is 38.4 Å². The molecule has 0 spiro atoms. The summed E-state index contributed by atoms with van der Waals surface area (Å²) >= 11 is 5.97. The van der Waals surface area contributed by atoms with Crippen LogP contribution in [-0.2, 0) is 20.6 Å². The number of anilines is 1. The summed E-state index contributed by atoms with van der Waals surface area (Å²) in [6.45, 7) is 4.89. The molecular weight excluding hydrogens is 408 g/mol. The number of rotatable bonds is 6. The second-order valence-electron chi connectivity index (χ2n) is 7.85. The van der Waals surface area contributed by atoms with Gasteiger partial charge in [0.1, 0.15) is 0 Å². The molecule has 0 saturated carbocycles. The highest BCUT2D eigenvalue weighted by Crippen LogP contribution is 2.24. The van der Waals surface area contributed by atoms with Crippen LogP contribution in [0.4, 0.5) is 5.69 Å². The third-order valence-corrected chi connectivity index (χ3v) is 7.28. The predicted molar refractivity (Wildman–Crippen MR) is 118 cm³/mol. The van der Waals surface area contributed by atoms with Gasteiger partial charge in [-0.25, -0.2) is 12.7 Å². The van der Waals surface area contributed by atoms with Gasteiger partial charge in [0.05, 0.1) is 11.7 Å². The highest BCUT2D eigenvalue weighted by atomic mass is 35.5. The molecule has 29 heavy (non-hydrogen) atoms. The van der Waals surface area contributed by atoms with Crippen molar-refractivity contribution < 1.29 is 13.2 Å². The molecule has 5 nitrogen and oxygen atoms in total. The monoisotopic (exact) mass is 434 g/mol. The Morgan fingerprint density at radius 3 is 2.59 bits per heavy atom. The first kappa shape index (κ1) is 21.8. The standard InChI is InChI=1S/C22H27ClN2O3S/c1-16(2)18-8-10-21(11-9-18)24-22(26)19-6-4-12-25(14-19)29(27,28)15-17-5-3-7-20(23)13-17/h3,5,7-11,13,16,19H,4,6,12,14-15H2,1-2H3,(H,24,26)/t19-/m0/s1. The van der Waals surface area contributed by atoms with Gasteiger partial charge in [0.25, 0.3) is 0 Å². The Hall–Kier alpha value is -1.89. The zero-order valence-electron chi connectivity index (χ0n) is 16.8. The topological polar surface area (TPSA) is 66.5 Å². The molecule has 7 heteroatoms. The summed E-state index contributed by atoms with van der Waals surface area (Å²) in [6, 6.07) is 14.7. The fourth-order valence-corrected chi connectivity index (χ4v) is 5.34. The van der Waals surface area contributed by atoms with E-state index in [0.717, 1.165) is 5.69 Å². The number of hydrogen-bond donors (Lipinski definition) is 1. The van der Waals surface area contributed by atoms with Gasteiger partial charge in [-0.15, -0.1) is 0 Å². The van der Waals surface area contributed by atoms with E-state index in [1.807, 2.05) is 24.3 Å². The maximum absolute atomic E-state index is 12.8. The maximum atomic E-state index is 12.8. The van der Waals surface area contributed by atoms with Crippen LogP contribution in [0, 0.1) is 5.92 Å². The van der Waals surface area contributed by atoms with E-state index in [9.17, 15) is 13.2 Å². The van der Waals surface area contributed by atoms with Gasteiger partial charge in [-0.05, 0) is 54.2 Å². The van der Waals surface area contributed by atoms with Gasteiger partial charge in [-0.3, -0.25) is 4.79 Å². The first-order valence-electron chi connectivity index (χ1n) is 9.87. The van der Waals surface area contributed by atoms with Crippen LogP contribution in [0.25, 0.3) is 0 Å². The Morgan fingerprint density at radius 2 is 1.93 bits per heavy atom. The van der Waals surface area contributed by atoms with Crippen molar-refractivity contribution in [3.8, 4) is 0 Å². The quantitative estimate of drug-likeness (QED) is 0.719. The number of nitrogens with zero attached hydrogens (tertiary/aromatic N) is 1. The van der Waals surface area contributed by atoms with E-state index in [1.54, 1.807) is 24.3 Å². The molecule has 0 aromatic heterocycles. The normalized spacial score (nSPS) is 18.0. The molecule has 0 bridgehead atoms. The van der Waals surface area contributed by atoms with Crippen LogP contribution in [0.15, 0.2) is 48.5 Å². The van der Waals surface area contributed by atoms with Crippen molar-refractivity contribution in [1.29, 1.82) is 0 Å². The van der Waals surface area contributed by atoms with Gasteiger partial charge >= 0.3 is 0 Å². The number of nitrogens with one attached hydrogen (secondary N) is 1. The first-order valence-corrected chi connectivity index (χ1v) is 11.9. The molecule has 1 atom stereocenters. The van der Waals surface area contributed by atoms with E-state index in [1.165, 1.54) is 9.87 Å². The van der Waals surface area contributed by atoms with Crippen LogP contribution in [0.3, 0.4) is 0 Å². The smallest absolute Gasteiger partial charge is 0.228 e. The Balaban J connectivity index is 1.63. The molecule has 156 valence electrons. The molecule has 1 heterocycles. The average Bonchev–Trinajstić information content (AvgIpc) is 2.68. The lowest BCUT2D eigenvalue weighted by molar-refractivity contribution is -0.120. The molecule has 3 rings (SSSR count). The van der Waals surface area contributed by atoms with Crippen LogP contribution < -0.4 is 5.32 Å². The van der Waals surface area contributed by atoms with Crippen LogP contribution in [0.5, 0.6) is 0 Å². The first-order chi connectivity index (χ1) is 13.7. The summed E-state index contributed by atoms with van der Waals surface area (Å²) in [5, 5.41) is 3.44. The minimum Gasteiger partial charge on any atom is -0.326 e. The average molecular weight is 435 g/mol. The van der Waals surface area contributed by atoms with Crippen molar-refractivity contribution >= 4 is 33.2 Å². The number of halogens is 1. The number of carbonyl (C=O) groups excluding carboxylic acids is 1. The highest BCUT2D eigenvalue weighted by Gasteiger charge is 2.32. The predicted octanol–water partition coefficient (Wildman–Crippen LogP) is 4.64. The molecule has 1 N–H and O–H groups in total. The third kappa shape index (κ3) is 5.81. The molecule has 1 fully saturated rings. The summed E-state index contributed by atoms with van der Waals surface area (Å²) in [5.41, 5.74) is 2.59. The Bertz CT molecular complexity index is 958. The Kier molecular flexibility index (Phi) is 6.98. The molecule has 2 aromatic carbocycles. The lowest BCUT2D eigenvalue weighted by Crippen LogP contribution is -2.44. The van der Waals surface area contributed by atoms with E-state index < -0.39 is 10.0 Å². The number of hydrogen-bond acceptors (Lipinski definition) is 3. The Labute approximate surface area is 178 Å². The lowest BCUT2D eigenvalue weighted by atomic mass is 9.98. The molecule has 1 amide bonds. The largest absolute Gasteiger partial charge is 0.326 e. The molecule has 0 aliphatic carbocycles. The van der Waals surface area contributed by atoms with Crippen molar-refractivity contribution in [1.82, 2.24) is 4.31 Å². The number of sulfonamides is 1. The van der Waals surface area contributed by atoms with Gasteiger partial charge in [-0.2, -0.15) is 0 Å². The number of benzene rings is 2. The van der Waals surface area contributed by atoms with E-state index in [0.29, 0.717) is 35.9 Å². The van der Waals surface area contributed by atoms with Crippen molar-refractivity contribution in [3.05, 3.63) is 64.7 Å². The van der Waals surface area contributed by atoms with Gasteiger partial charge in [0.2, 0.25) is 15.9 Å². The van der Waals surface area contributed by atoms with Crippen LogP contribution in [0.1, 0.15) is 43.7 Å². The van der Waals surface area contributed by atoms with Crippen LogP contribution in [0.2, 0.25) is 5.02 Å². The highest BCUT2D eigenvalue weighted by molar-refractivity contribution is 7.88. The van der Waals surface area contributed by atoms with Crippen molar-refractivity contribution in [3.63, 3.8) is 0 Å². The van der Waals surface area contributed by atoms with Gasteiger partial charge in [0, 0.05) is 23.8 Å². The molecule has 1 aliphatic heterocycles. The van der Waals surface area contributed by atoms with Gasteiger partial charge < -0.3 is 5.32 Å². The van der Waals surface area contributed by atoms with E-state index in [2.05, 4.69) is 19.2 Å². The minimum absolute atomic E-state index is 0.113. The van der Waals surface area contributed by atoms with E-state index in [-0.39, 0.29) is 24.1 Å².